The summed E-state index contributed by atoms with van der Waals surface area (Å²) < 4.78 is 5.73. The number of ether oxygens (including phenoxy) is 1. The first-order chi connectivity index (χ1) is 11.1. The minimum Gasteiger partial charge on any atom is -0.481 e. The summed E-state index contributed by atoms with van der Waals surface area (Å²) in [6, 6.07) is 7.73. The van der Waals surface area contributed by atoms with Crippen molar-refractivity contribution in [2.45, 2.75) is 44.8 Å². The van der Waals surface area contributed by atoms with Crippen molar-refractivity contribution in [1.82, 2.24) is 10.2 Å². The molecule has 0 spiro atoms. The summed E-state index contributed by atoms with van der Waals surface area (Å²) in [6.07, 6.45) is 4.33. The molecule has 0 radical (unpaired) electrons. The number of hydrogen-bond donors (Lipinski definition) is 1. The summed E-state index contributed by atoms with van der Waals surface area (Å²) in [5, 5.41) is 4.25. The van der Waals surface area contributed by atoms with Crippen LogP contribution in [0.3, 0.4) is 0 Å². The van der Waals surface area contributed by atoms with Gasteiger partial charge in [0.25, 0.3) is 5.91 Å². The molecule has 0 bridgehead atoms. The fraction of sp³-hybridized carbons (Fsp3) is 0.611. The van der Waals surface area contributed by atoms with Crippen LogP contribution >= 0.6 is 11.6 Å². The van der Waals surface area contributed by atoms with Gasteiger partial charge in [0, 0.05) is 24.2 Å². The second kappa shape index (κ2) is 7.54. The lowest BCUT2D eigenvalue weighted by Crippen LogP contribution is -2.48. The first-order valence-electron chi connectivity index (χ1n) is 8.56. The first-order valence-corrected chi connectivity index (χ1v) is 8.94. The average Bonchev–Trinajstić information content (AvgIpc) is 3.37. The van der Waals surface area contributed by atoms with Gasteiger partial charge < -0.3 is 15.0 Å². The van der Waals surface area contributed by atoms with Crippen molar-refractivity contribution >= 4 is 17.5 Å². The molecule has 1 aliphatic carbocycles. The smallest absolute Gasteiger partial charge is 0.263 e. The van der Waals surface area contributed by atoms with Gasteiger partial charge in [0.1, 0.15) is 5.75 Å². The molecule has 1 saturated heterocycles. The third-order valence-corrected chi connectivity index (χ3v) is 4.89. The van der Waals surface area contributed by atoms with Crippen molar-refractivity contribution in [3.63, 3.8) is 0 Å². The van der Waals surface area contributed by atoms with Crippen molar-refractivity contribution in [2.24, 2.45) is 5.92 Å². The second-order valence-corrected chi connectivity index (χ2v) is 7.11. The molecule has 1 saturated carbocycles. The molecule has 126 valence electrons. The molecule has 1 N–H and O–H groups in total. The topological polar surface area (TPSA) is 41.6 Å². The minimum atomic E-state index is -0.482. The predicted molar refractivity (Wildman–Crippen MR) is 91.9 cm³/mol. The number of nitrogens with zero attached hydrogens (tertiary/aromatic N) is 1. The Morgan fingerprint density at radius 3 is 2.74 bits per heavy atom. The highest BCUT2D eigenvalue weighted by Gasteiger charge is 2.28. The predicted octanol–water partition coefficient (Wildman–Crippen LogP) is 3.10. The number of carbonyl (C=O) groups is 1. The van der Waals surface area contributed by atoms with E-state index in [9.17, 15) is 4.79 Å². The van der Waals surface area contributed by atoms with Gasteiger partial charge in [-0.1, -0.05) is 17.7 Å². The lowest BCUT2D eigenvalue weighted by Gasteiger charge is -2.34. The summed E-state index contributed by atoms with van der Waals surface area (Å²) in [4.78, 5) is 14.4. The van der Waals surface area contributed by atoms with E-state index >= 15 is 0 Å². The van der Waals surface area contributed by atoms with Gasteiger partial charge in [0.15, 0.2) is 6.10 Å². The summed E-state index contributed by atoms with van der Waals surface area (Å²) in [5.41, 5.74) is 0. The monoisotopic (exact) mass is 336 g/mol. The Kier molecular flexibility index (Phi) is 5.44. The van der Waals surface area contributed by atoms with Crippen LogP contribution in [0.25, 0.3) is 0 Å². The zero-order valence-corrected chi connectivity index (χ0v) is 14.4. The van der Waals surface area contributed by atoms with E-state index in [0.717, 1.165) is 38.4 Å². The first kappa shape index (κ1) is 16.6. The average molecular weight is 337 g/mol. The maximum atomic E-state index is 12.5. The molecule has 3 rings (SSSR count). The Hall–Kier alpha value is -1.26. The summed E-state index contributed by atoms with van der Waals surface area (Å²) in [5.74, 6) is 1.60. The van der Waals surface area contributed by atoms with E-state index < -0.39 is 6.10 Å². The standard InChI is InChI=1S/C18H25ClN2O2/c1-13(23-17-4-2-3-15(19)11-17)18(22)21-9-7-16(8-10-21)20-12-14-5-6-14/h2-4,11,13-14,16,20H,5-10,12H2,1H3. The lowest BCUT2D eigenvalue weighted by atomic mass is 10.0. The van der Waals surface area contributed by atoms with Gasteiger partial charge in [-0.15, -0.1) is 0 Å². The van der Waals surface area contributed by atoms with Gasteiger partial charge in [-0.3, -0.25) is 4.79 Å². The molecule has 1 heterocycles. The molecule has 1 aromatic carbocycles. The van der Waals surface area contributed by atoms with Crippen LogP contribution in [-0.4, -0.2) is 42.6 Å². The normalized spacial score (nSPS) is 20.3. The van der Waals surface area contributed by atoms with Gasteiger partial charge in [0.2, 0.25) is 0 Å². The van der Waals surface area contributed by atoms with Crippen LogP contribution in [0.15, 0.2) is 24.3 Å². The fourth-order valence-corrected chi connectivity index (χ4v) is 3.19. The number of halogens is 1. The van der Waals surface area contributed by atoms with Gasteiger partial charge in [-0.05, 0) is 63.3 Å². The zero-order chi connectivity index (χ0) is 16.2. The highest BCUT2D eigenvalue weighted by Crippen LogP contribution is 2.28. The van der Waals surface area contributed by atoms with E-state index in [1.165, 1.54) is 12.8 Å². The maximum Gasteiger partial charge on any atom is 0.263 e. The van der Waals surface area contributed by atoms with Crippen LogP contribution in [0.5, 0.6) is 5.75 Å². The van der Waals surface area contributed by atoms with Crippen molar-refractivity contribution in [1.29, 1.82) is 0 Å². The second-order valence-electron chi connectivity index (χ2n) is 6.67. The van der Waals surface area contributed by atoms with Crippen LogP contribution < -0.4 is 10.1 Å². The molecule has 1 amide bonds. The molecular weight excluding hydrogens is 312 g/mol. The Balaban J connectivity index is 1.44. The lowest BCUT2D eigenvalue weighted by molar-refractivity contribution is -0.139. The Labute approximate surface area is 143 Å². The molecule has 5 heteroatoms. The van der Waals surface area contributed by atoms with Crippen molar-refractivity contribution in [2.75, 3.05) is 19.6 Å². The van der Waals surface area contributed by atoms with Crippen LogP contribution in [0, 0.1) is 5.92 Å². The molecule has 1 aromatic rings. The third-order valence-electron chi connectivity index (χ3n) is 4.66. The van der Waals surface area contributed by atoms with E-state index in [1.54, 1.807) is 19.1 Å². The third kappa shape index (κ3) is 4.85. The molecule has 0 aromatic heterocycles. The number of hydrogen-bond acceptors (Lipinski definition) is 3. The minimum absolute atomic E-state index is 0.0608. The Morgan fingerprint density at radius 1 is 1.35 bits per heavy atom. The summed E-state index contributed by atoms with van der Waals surface area (Å²) in [6.45, 7) is 4.57. The summed E-state index contributed by atoms with van der Waals surface area (Å²) in [7, 11) is 0. The molecule has 1 aliphatic heterocycles. The number of nitrogens with one attached hydrogen (secondary N) is 1. The van der Waals surface area contributed by atoms with Gasteiger partial charge in [0.05, 0.1) is 0 Å². The van der Waals surface area contributed by atoms with Crippen LogP contribution in [0.1, 0.15) is 32.6 Å². The van der Waals surface area contributed by atoms with Crippen LogP contribution in [-0.2, 0) is 4.79 Å². The molecule has 23 heavy (non-hydrogen) atoms. The highest BCUT2D eigenvalue weighted by atomic mass is 35.5. The van der Waals surface area contributed by atoms with Gasteiger partial charge in [-0.2, -0.15) is 0 Å². The number of rotatable bonds is 6. The Bertz CT molecular complexity index is 540. The number of carbonyl (C=O) groups excluding carboxylic acids is 1. The van der Waals surface area contributed by atoms with Crippen molar-refractivity contribution in [3.8, 4) is 5.75 Å². The molecule has 2 aliphatic rings. The van der Waals surface area contributed by atoms with Gasteiger partial charge in [-0.25, -0.2) is 0 Å². The van der Waals surface area contributed by atoms with E-state index in [2.05, 4.69) is 5.32 Å². The molecule has 1 atom stereocenters. The highest BCUT2D eigenvalue weighted by molar-refractivity contribution is 6.30. The largest absolute Gasteiger partial charge is 0.481 e. The number of piperidine rings is 1. The van der Waals surface area contributed by atoms with Crippen molar-refractivity contribution < 1.29 is 9.53 Å². The van der Waals surface area contributed by atoms with Crippen LogP contribution in [0.4, 0.5) is 0 Å². The van der Waals surface area contributed by atoms with E-state index in [-0.39, 0.29) is 5.91 Å². The fourth-order valence-electron chi connectivity index (χ4n) is 3.01. The SMILES string of the molecule is CC(Oc1cccc(Cl)c1)C(=O)N1CCC(NCC2CC2)CC1. The number of benzene rings is 1. The van der Waals surface area contributed by atoms with E-state index in [1.807, 2.05) is 17.0 Å². The zero-order valence-electron chi connectivity index (χ0n) is 13.6. The summed E-state index contributed by atoms with van der Waals surface area (Å²) >= 11 is 5.95. The van der Waals surface area contributed by atoms with Crippen LogP contribution in [0.2, 0.25) is 5.02 Å². The Morgan fingerprint density at radius 2 is 2.09 bits per heavy atom. The molecule has 4 nitrogen and oxygen atoms in total. The molecule has 1 unspecified atom stereocenters. The van der Waals surface area contributed by atoms with Gasteiger partial charge >= 0.3 is 0 Å². The quantitative estimate of drug-likeness (QED) is 0.868. The number of likely N-dealkylation sites (tertiary alicyclic amines) is 1. The maximum absolute atomic E-state index is 12.5. The van der Waals surface area contributed by atoms with Crippen molar-refractivity contribution in [3.05, 3.63) is 29.3 Å². The van der Waals surface area contributed by atoms with E-state index in [0.29, 0.717) is 16.8 Å². The molecule has 2 fully saturated rings. The van der Waals surface area contributed by atoms with E-state index in [4.69, 9.17) is 16.3 Å². The molecular formula is C18H25ClN2O2. The number of amides is 1.